The van der Waals surface area contributed by atoms with E-state index in [2.05, 4.69) is 26.2 Å². The number of methoxy groups -OCH3 is 1. The van der Waals surface area contributed by atoms with Crippen LogP contribution in [0.4, 0.5) is 5.88 Å². The largest absolute Gasteiger partial charge is 0.497 e. The molecule has 0 unspecified atom stereocenters. The van der Waals surface area contributed by atoms with Crippen LogP contribution in [0.5, 0.6) is 5.75 Å². The second-order valence-corrected chi connectivity index (χ2v) is 9.96. The van der Waals surface area contributed by atoms with Crippen molar-refractivity contribution in [1.82, 2.24) is 4.98 Å². The van der Waals surface area contributed by atoms with E-state index in [-0.39, 0.29) is 21.7 Å². The number of aryl methyl sites for hydroxylation is 1. The van der Waals surface area contributed by atoms with Gasteiger partial charge in [0.2, 0.25) is 26.6 Å². The highest BCUT2D eigenvalue weighted by Gasteiger charge is 2.28. The van der Waals surface area contributed by atoms with Crippen molar-refractivity contribution >= 4 is 31.7 Å². The van der Waals surface area contributed by atoms with Gasteiger partial charge in [0, 0.05) is 16.6 Å². The molecule has 32 heavy (non-hydrogen) atoms. The van der Waals surface area contributed by atoms with Gasteiger partial charge in [0.25, 0.3) is 0 Å². The van der Waals surface area contributed by atoms with Crippen molar-refractivity contribution in [3.05, 3.63) is 88.4 Å². The van der Waals surface area contributed by atoms with Crippen LogP contribution in [0.15, 0.2) is 91.6 Å². The highest BCUT2D eigenvalue weighted by Crippen LogP contribution is 2.33. The number of sulfone groups is 1. The number of rotatable bonds is 7. The van der Waals surface area contributed by atoms with Crippen LogP contribution in [0.2, 0.25) is 0 Å². The van der Waals surface area contributed by atoms with Crippen LogP contribution in [0.1, 0.15) is 11.1 Å². The SMILES string of the molecule is COc1ccc(CNc2oc(-c3cccc(C)c3)nc2S(=O)(=O)c2ccc(Br)cc2)cc1. The zero-order chi connectivity index (χ0) is 22.7. The Balaban J connectivity index is 1.73. The first kappa shape index (κ1) is 22.1. The minimum Gasteiger partial charge on any atom is -0.497 e. The van der Waals surface area contributed by atoms with E-state index in [0.29, 0.717) is 12.1 Å². The molecule has 4 aromatic rings. The lowest BCUT2D eigenvalue weighted by Gasteiger charge is -2.07. The number of hydrogen-bond acceptors (Lipinski definition) is 6. The van der Waals surface area contributed by atoms with Gasteiger partial charge in [-0.1, -0.05) is 45.8 Å². The van der Waals surface area contributed by atoms with Crippen molar-refractivity contribution in [3.8, 4) is 17.2 Å². The molecule has 4 rings (SSSR count). The third-order valence-corrected chi connectivity index (χ3v) is 7.06. The van der Waals surface area contributed by atoms with Gasteiger partial charge in [-0.3, -0.25) is 0 Å². The lowest BCUT2D eigenvalue weighted by Crippen LogP contribution is -2.07. The molecule has 0 aliphatic carbocycles. The van der Waals surface area contributed by atoms with Gasteiger partial charge in [-0.05, 0) is 61.0 Å². The molecule has 1 heterocycles. The molecule has 0 saturated carbocycles. The topological polar surface area (TPSA) is 81.4 Å². The van der Waals surface area contributed by atoms with Gasteiger partial charge < -0.3 is 14.5 Å². The molecule has 164 valence electrons. The summed E-state index contributed by atoms with van der Waals surface area (Å²) in [5.41, 5.74) is 2.66. The van der Waals surface area contributed by atoms with Crippen LogP contribution in [0.25, 0.3) is 11.5 Å². The van der Waals surface area contributed by atoms with E-state index in [4.69, 9.17) is 9.15 Å². The maximum absolute atomic E-state index is 13.4. The minimum absolute atomic E-state index is 0.0974. The second kappa shape index (κ2) is 9.18. The number of halogens is 1. The quantitative estimate of drug-likeness (QED) is 0.333. The highest BCUT2D eigenvalue weighted by atomic mass is 79.9. The zero-order valence-electron chi connectivity index (χ0n) is 17.5. The maximum Gasteiger partial charge on any atom is 0.234 e. The van der Waals surface area contributed by atoms with Crippen LogP contribution in [-0.4, -0.2) is 20.5 Å². The smallest absolute Gasteiger partial charge is 0.234 e. The number of nitrogens with one attached hydrogen (secondary N) is 1. The normalized spacial score (nSPS) is 11.3. The zero-order valence-corrected chi connectivity index (χ0v) is 19.9. The van der Waals surface area contributed by atoms with Crippen molar-refractivity contribution in [2.75, 3.05) is 12.4 Å². The Bertz CT molecular complexity index is 1330. The Morgan fingerprint density at radius 2 is 1.75 bits per heavy atom. The summed E-state index contributed by atoms with van der Waals surface area (Å²) < 4.78 is 38.6. The minimum atomic E-state index is -3.91. The molecule has 6 nitrogen and oxygen atoms in total. The highest BCUT2D eigenvalue weighted by molar-refractivity contribution is 9.10. The number of ether oxygens (including phenoxy) is 1. The van der Waals surface area contributed by atoms with Gasteiger partial charge in [-0.2, -0.15) is 4.98 Å². The molecule has 0 atom stereocenters. The molecule has 0 aliphatic rings. The van der Waals surface area contributed by atoms with Crippen molar-refractivity contribution in [3.63, 3.8) is 0 Å². The Morgan fingerprint density at radius 3 is 2.41 bits per heavy atom. The maximum atomic E-state index is 13.4. The number of benzene rings is 3. The van der Waals surface area contributed by atoms with Gasteiger partial charge in [0.15, 0.2) is 0 Å². The molecule has 0 fully saturated rings. The van der Waals surface area contributed by atoms with Crippen LogP contribution in [0, 0.1) is 6.92 Å². The molecule has 0 aliphatic heterocycles. The summed E-state index contributed by atoms with van der Waals surface area (Å²) in [6.45, 7) is 2.31. The predicted molar refractivity (Wildman–Crippen MR) is 127 cm³/mol. The fourth-order valence-corrected chi connectivity index (χ4v) is 4.70. The van der Waals surface area contributed by atoms with Crippen LogP contribution in [-0.2, 0) is 16.4 Å². The third kappa shape index (κ3) is 4.71. The first-order valence-corrected chi connectivity index (χ1v) is 12.1. The average molecular weight is 513 g/mol. The molecule has 1 aromatic heterocycles. The van der Waals surface area contributed by atoms with Gasteiger partial charge in [-0.25, -0.2) is 8.42 Å². The lowest BCUT2D eigenvalue weighted by molar-refractivity contribution is 0.414. The van der Waals surface area contributed by atoms with Crippen LogP contribution in [0.3, 0.4) is 0 Å². The number of anilines is 1. The number of hydrogen-bond donors (Lipinski definition) is 1. The first-order valence-electron chi connectivity index (χ1n) is 9.82. The molecule has 0 radical (unpaired) electrons. The molecule has 0 bridgehead atoms. The fourth-order valence-electron chi connectivity index (χ4n) is 3.15. The number of oxazole rings is 1. The van der Waals surface area contributed by atoms with Crippen molar-refractivity contribution in [2.24, 2.45) is 0 Å². The molecule has 8 heteroatoms. The van der Waals surface area contributed by atoms with E-state index in [1.54, 1.807) is 19.2 Å². The average Bonchev–Trinajstić information content (AvgIpc) is 3.24. The Morgan fingerprint density at radius 1 is 1.03 bits per heavy atom. The Labute approximate surface area is 195 Å². The summed E-state index contributed by atoms with van der Waals surface area (Å²) in [5, 5.41) is 2.95. The second-order valence-electron chi connectivity index (χ2n) is 7.18. The Hall–Kier alpha value is -3.10. The summed E-state index contributed by atoms with van der Waals surface area (Å²) >= 11 is 3.34. The third-order valence-electron chi connectivity index (χ3n) is 4.85. The summed E-state index contributed by atoms with van der Waals surface area (Å²) in [6.07, 6.45) is 0. The molecule has 0 amide bonds. The molecule has 0 saturated heterocycles. The molecular weight excluding hydrogens is 492 g/mol. The summed E-state index contributed by atoms with van der Waals surface area (Å²) in [7, 11) is -2.30. The molecule has 3 aromatic carbocycles. The van der Waals surface area contributed by atoms with Gasteiger partial charge in [0.1, 0.15) is 5.75 Å². The van der Waals surface area contributed by atoms with E-state index in [1.807, 2.05) is 55.5 Å². The molecule has 1 N–H and O–H groups in total. The van der Waals surface area contributed by atoms with E-state index in [0.717, 1.165) is 21.3 Å². The van der Waals surface area contributed by atoms with Crippen LogP contribution < -0.4 is 10.1 Å². The monoisotopic (exact) mass is 512 g/mol. The fraction of sp³-hybridized carbons (Fsp3) is 0.125. The summed E-state index contributed by atoms with van der Waals surface area (Å²) in [5.74, 6) is 1.08. The van der Waals surface area contributed by atoms with Gasteiger partial charge in [-0.15, -0.1) is 0 Å². The molecular formula is C24H21BrN2O4S. The van der Waals surface area contributed by atoms with Crippen molar-refractivity contribution in [2.45, 2.75) is 23.4 Å². The van der Waals surface area contributed by atoms with Crippen LogP contribution >= 0.6 is 15.9 Å². The van der Waals surface area contributed by atoms with E-state index >= 15 is 0 Å². The first-order chi connectivity index (χ1) is 15.4. The summed E-state index contributed by atoms with van der Waals surface area (Å²) in [6, 6.07) is 21.5. The number of nitrogens with zero attached hydrogens (tertiary/aromatic N) is 1. The van der Waals surface area contributed by atoms with Gasteiger partial charge in [0.05, 0.1) is 12.0 Å². The van der Waals surface area contributed by atoms with Gasteiger partial charge >= 0.3 is 0 Å². The standard InChI is InChI=1S/C24H21BrN2O4S/c1-16-4-3-5-18(14-16)22-27-24(32(28,29)21-12-8-19(25)9-13-21)23(31-22)26-15-17-6-10-20(30-2)11-7-17/h3-14,26H,15H2,1-2H3. The molecule has 0 spiro atoms. The van der Waals surface area contributed by atoms with Crippen molar-refractivity contribution in [1.29, 1.82) is 0 Å². The predicted octanol–water partition coefficient (Wildman–Crippen LogP) is 5.87. The van der Waals surface area contributed by atoms with E-state index in [1.165, 1.54) is 12.1 Å². The summed E-state index contributed by atoms with van der Waals surface area (Å²) in [4.78, 5) is 4.52. The van der Waals surface area contributed by atoms with Crippen molar-refractivity contribution < 1.29 is 17.6 Å². The lowest BCUT2D eigenvalue weighted by atomic mass is 10.1. The van der Waals surface area contributed by atoms with E-state index in [9.17, 15) is 8.42 Å². The number of aromatic nitrogens is 1. The van der Waals surface area contributed by atoms with E-state index < -0.39 is 9.84 Å². The Kier molecular flexibility index (Phi) is 6.34.